The van der Waals surface area contributed by atoms with E-state index in [-0.39, 0.29) is 11.1 Å². The van der Waals surface area contributed by atoms with Gasteiger partial charge < -0.3 is 0 Å². The van der Waals surface area contributed by atoms with Crippen LogP contribution in [0.4, 0.5) is 22.0 Å². The lowest BCUT2D eigenvalue weighted by Crippen LogP contribution is -2.00. The van der Waals surface area contributed by atoms with Crippen LogP contribution in [0.5, 0.6) is 0 Å². The largest absolute Gasteiger partial charge is 0.206 e. The Morgan fingerprint density at radius 2 is 1.26 bits per heavy atom. The van der Waals surface area contributed by atoms with E-state index in [0.717, 1.165) is 18.2 Å². The summed E-state index contributed by atoms with van der Waals surface area (Å²) in [7, 11) is 0. The zero-order chi connectivity index (χ0) is 17.1. The molecule has 0 spiro atoms. The molecular formula is C18H13F5. The summed E-state index contributed by atoms with van der Waals surface area (Å²) in [6, 6.07) is 2.33. The van der Waals surface area contributed by atoms with Crippen molar-refractivity contribution >= 4 is 12.2 Å². The van der Waals surface area contributed by atoms with Gasteiger partial charge in [0, 0.05) is 11.1 Å². The molecule has 0 nitrogen and oxygen atoms in total. The number of hydrogen-bond donors (Lipinski definition) is 0. The van der Waals surface area contributed by atoms with Crippen LogP contribution in [-0.2, 0) is 0 Å². The van der Waals surface area contributed by atoms with Crippen LogP contribution in [0.15, 0.2) is 30.4 Å². The van der Waals surface area contributed by atoms with Crippen molar-refractivity contribution in [2.45, 2.75) is 13.8 Å². The van der Waals surface area contributed by atoms with E-state index in [2.05, 4.69) is 0 Å². The SMILES string of the molecule is C/C=C/c1cc(F)c(-c2cc(F)c(/C=C/C)c(F)c2)c(F)c1F. The molecule has 0 aliphatic rings. The van der Waals surface area contributed by atoms with E-state index in [1.807, 2.05) is 0 Å². The molecule has 23 heavy (non-hydrogen) atoms. The average Bonchev–Trinajstić information content (AvgIpc) is 2.48. The van der Waals surface area contributed by atoms with Crippen molar-refractivity contribution in [3.05, 3.63) is 70.6 Å². The highest BCUT2D eigenvalue weighted by Crippen LogP contribution is 2.32. The fraction of sp³-hybridized carbons (Fsp3) is 0.111. The summed E-state index contributed by atoms with van der Waals surface area (Å²) in [6.07, 6.45) is 5.23. The average molecular weight is 324 g/mol. The molecule has 0 atom stereocenters. The van der Waals surface area contributed by atoms with E-state index in [1.165, 1.54) is 24.3 Å². The number of hydrogen-bond acceptors (Lipinski definition) is 0. The molecule has 0 fully saturated rings. The van der Waals surface area contributed by atoms with Crippen molar-refractivity contribution in [3.63, 3.8) is 0 Å². The minimum Gasteiger partial charge on any atom is -0.206 e. The van der Waals surface area contributed by atoms with Gasteiger partial charge in [-0.05, 0) is 37.6 Å². The van der Waals surface area contributed by atoms with Gasteiger partial charge >= 0.3 is 0 Å². The normalized spacial score (nSPS) is 11.8. The van der Waals surface area contributed by atoms with Crippen LogP contribution >= 0.6 is 0 Å². The number of halogens is 5. The number of benzene rings is 2. The van der Waals surface area contributed by atoms with Crippen LogP contribution in [0, 0.1) is 29.1 Å². The molecule has 0 bridgehead atoms. The lowest BCUT2D eigenvalue weighted by Gasteiger charge is -2.10. The molecule has 2 aromatic rings. The Balaban J connectivity index is 2.71. The Morgan fingerprint density at radius 3 is 1.78 bits per heavy atom. The highest BCUT2D eigenvalue weighted by Gasteiger charge is 2.21. The summed E-state index contributed by atoms with van der Waals surface area (Å²) in [4.78, 5) is 0. The predicted molar refractivity (Wildman–Crippen MR) is 81.1 cm³/mol. The molecule has 2 aromatic carbocycles. The minimum absolute atomic E-state index is 0.280. The van der Waals surface area contributed by atoms with Crippen LogP contribution in [-0.4, -0.2) is 0 Å². The lowest BCUT2D eigenvalue weighted by atomic mass is 9.99. The number of rotatable bonds is 3. The first kappa shape index (κ1) is 16.9. The topological polar surface area (TPSA) is 0 Å². The maximum atomic E-state index is 14.1. The monoisotopic (exact) mass is 324 g/mol. The van der Waals surface area contributed by atoms with Crippen molar-refractivity contribution in [3.8, 4) is 11.1 Å². The van der Waals surface area contributed by atoms with Crippen molar-refractivity contribution in [2.24, 2.45) is 0 Å². The van der Waals surface area contributed by atoms with Gasteiger partial charge in [0.05, 0.1) is 5.56 Å². The molecule has 0 unspecified atom stereocenters. The maximum Gasteiger partial charge on any atom is 0.170 e. The Labute approximate surface area is 130 Å². The van der Waals surface area contributed by atoms with E-state index < -0.39 is 40.2 Å². The summed E-state index contributed by atoms with van der Waals surface area (Å²) in [5, 5.41) is 0. The molecule has 0 heterocycles. The summed E-state index contributed by atoms with van der Waals surface area (Å²) in [5.41, 5.74) is -1.82. The fourth-order valence-corrected chi connectivity index (χ4v) is 2.23. The highest BCUT2D eigenvalue weighted by atomic mass is 19.2. The molecule has 0 saturated heterocycles. The maximum absolute atomic E-state index is 14.1. The van der Waals surface area contributed by atoms with Gasteiger partial charge in [-0.15, -0.1) is 0 Å². The molecule has 0 aliphatic heterocycles. The minimum atomic E-state index is -1.49. The van der Waals surface area contributed by atoms with Crippen molar-refractivity contribution in [1.82, 2.24) is 0 Å². The first-order valence-corrected chi connectivity index (χ1v) is 6.83. The molecule has 0 saturated carbocycles. The van der Waals surface area contributed by atoms with Gasteiger partial charge in [0.15, 0.2) is 11.6 Å². The Morgan fingerprint density at radius 1 is 0.696 bits per heavy atom. The third-order valence-electron chi connectivity index (χ3n) is 3.23. The summed E-state index contributed by atoms with van der Waals surface area (Å²) >= 11 is 0. The zero-order valence-corrected chi connectivity index (χ0v) is 12.4. The lowest BCUT2D eigenvalue weighted by molar-refractivity contribution is 0.496. The molecule has 2 rings (SSSR count). The predicted octanol–water partition coefficient (Wildman–Crippen LogP) is 6.12. The van der Waals surface area contributed by atoms with Crippen LogP contribution in [0.1, 0.15) is 25.0 Å². The molecule has 5 heteroatoms. The van der Waals surface area contributed by atoms with Gasteiger partial charge in [0.1, 0.15) is 17.5 Å². The van der Waals surface area contributed by atoms with Gasteiger partial charge in [-0.3, -0.25) is 0 Å². The molecular weight excluding hydrogens is 311 g/mol. The van der Waals surface area contributed by atoms with Crippen LogP contribution in [0.2, 0.25) is 0 Å². The smallest absolute Gasteiger partial charge is 0.170 e. The summed E-state index contributed by atoms with van der Waals surface area (Å²) in [5.74, 6) is -5.85. The second-order valence-corrected chi connectivity index (χ2v) is 4.80. The van der Waals surface area contributed by atoms with Crippen molar-refractivity contribution in [1.29, 1.82) is 0 Å². The summed E-state index contributed by atoms with van der Waals surface area (Å²) in [6.45, 7) is 3.13. The van der Waals surface area contributed by atoms with Crippen LogP contribution in [0.25, 0.3) is 23.3 Å². The second-order valence-electron chi connectivity index (χ2n) is 4.80. The highest BCUT2D eigenvalue weighted by molar-refractivity contribution is 5.70. The molecule has 0 amide bonds. The zero-order valence-electron chi connectivity index (χ0n) is 12.4. The Kier molecular flexibility index (Phi) is 4.98. The third kappa shape index (κ3) is 3.18. The molecule has 120 valence electrons. The summed E-state index contributed by atoms with van der Waals surface area (Å²) < 4.78 is 70.0. The molecule has 0 radical (unpaired) electrons. The van der Waals surface area contributed by atoms with Crippen molar-refractivity contribution in [2.75, 3.05) is 0 Å². The first-order chi connectivity index (χ1) is 10.9. The van der Waals surface area contributed by atoms with E-state index in [9.17, 15) is 22.0 Å². The first-order valence-electron chi connectivity index (χ1n) is 6.83. The van der Waals surface area contributed by atoms with Gasteiger partial charge in [0.2, 0.25) is 0 Å². The van der Waals surface area contributed by atoms with Gasteiger partial charge in [0.25, 0.3) is 0 Å². The van der Waals surface area contributed by atoms with E-state index >= 15 is 0 Å². The van der Waals surface area contributed by atoms with Crippen LogP contribution in [0.3, 0.4) is 0 Å². The van der Waals surface area contributed by atoms with Crippen LogP contribution < -0.4 is 0 Å². The van der Waals surface area contributed by atoms with E-state index in [0.29, 0.717) is 0 Å². The van der Waals surface area contributed by atoms with Gasteiger partial charge in [-0.25, -0.2) is 22.0 Å². The second kappa shape index (κ2) is 6.77. The van der Waals surface area contributed by atoms with E-state index in [1.54, 1.807) is 13.8 Å². The van der Waals surface area contributed by atoms with Gasteiger partial charge in [-0.1, -0.05) is 24.3 Å². The molecule has 0 aromatic heterocycles. The number of allylic oxidation sites excluding steroid dienone is 2. The Hall–Kier alpha value is -2.43. The fourth-order valence-electron chi connectivity index (χ4n) is 2.23. The van der Waals surface area contributed by atoms with Gasteiger partial charge in [-0.2, -0.15) is 0 Å². The van der Waals surface area contributed by atoms with E-state index in [4.69, 9.17) is 0 Å². The molecule has 0 aliphatic carbocycles. The third-order valence-corrected chi connectivity index (χ3v) is 3.23. The quantitative estimate of drug-likeness (QED) is 0.471. The standard InChI is InChI=1S/C18H13F5/c1-3-5-10-7-15(21)16(18(23)17(10)22)11-8-13(19)12(6-4-2)14(20)9-11/h3-9H,1-2H3/b5-3+,6-4+. The molecule has 0 N–H and O–H groups in total. The Bertz CT molecular complexity index is 781. The van der Waals surface area contributed by atoms with Crippen molar-refractivity contribution < 1.29 is 22.0 Å².